The summed E-state index contributed by atoms with van der Waals surface area (Å²) < 4.78 is 5.49. The maximum absolute atomic E-state index is 12.1. The van der Waals surface area contributed by atoms with Crippen molar-refractivity contribution in [2.75, 3.05) is 20.2 Å². The standard InChI is InChI=1S/C18H27N3O2/c1-12-10-19-16(13(2)17(12)23-3)11-21-8-6-14(7-9-21)18(22)20-15-4-5-15/h10,14-15H,4-9,11H2,1-3H3,(H,20,22). The molecule has 1 aliphatic heterocycles. The second kappa shape index (κ2) is 6.87. The first-order valence-corrected chi connectivity index (χ1v) is 8.60. The molecule has 126 valence electrons. The minimum absolute atomic E-state index is 0.188. The molecule has 0 spiro atoms. The summed E-state index contributed by atoms with van der Waals surface area (Å²) in [6, 6.07) is 0.465. The van der Waals surface area contributed by atoms with Crippen molar-refractivity contribution in [3.05, 3.63) is 23.0 Å². The van der Waals surface area contributed by atoms with Crippen LogP contribution in [-0.2, 0) is 11.3 Å². The zero-order valence-corrected chi connectivity index (χ0v) is 14.4. The highest BCUT2D eigenvalue weighted by Crippen LogP contribution is 2.27. The highest BCUT2D eigenvalue weighted by atomic mass is 16.5. The molecule has 3 rings (SSSR count). The van der Waals surface area contributed by atoms with Gasteiger partial charge in [0.05, 0.1) is 12.8 Å². The van der Waals surface area contributed by atoms with Gasteiger partial charge in [-0.2, -0.15) is 0 Å². The fourth-order valence-corrected chi connectivity index (χ4v) is 3.34. The lowest BCUT2D eigenvalue weighted by Crippen LogP contribution is -2.41. The summed E-state index contributed by atoms with van der Waals surface area (Å²) in [6.45, 7) is 6.84. The Balaban J connectivity index is 1.55. The van der Waals surface area contributed by atoms with Gasteiger partial charge in [0.2, 0.25) is 5.91 Å². The maximum atomic E-state index is 12.1. The Kier molecular flexibility index (Phi) is 4.85. The summed E-state index contributed by atoms with van der Waals surface area (Å²) in [5.41, 5.74) is 3.28. The van der Waals surface area contributed by atoms with E-state index in [9.17, 15) is 4.79 Å². The van der Waals surface area contributed by atoms with Gasteiger partial charge in [0.1, 0.15) is 5.75 Å². The first-order valence-electron chi connectivity index (χ1n) is 8.60. The molecule has 1 amide bonds. The quantitative estimate of drug-likeness (QED) is 0.904. The lowest BCUT2D eigenvalue weighted by Gasteiger charge is -2.31. The van der Waals surface area contributed by atoms with Crippen LogP contribution in [0.4, 0.5) is 0 Å². The first-order chi connectivity index (χ1) is 11.1. The minimum Gasteiger partial charge on any atom is -0.496 e. The van der Waals surface area contributed by atoms with E-state index in [0.29, 0.717) is 6.04 Å². The molecule has 5 nitrogen and oxygen atoms in total. The zero-order valence-electron chi connectivity index (χ0n) is 14.4. The Morgan fingerprint density at radius 2 is 2.00 bits per heavy atom. The van der Waals surface area contributed by atoms with Crippen LogP contribution in [0.2, 0.25) is 0 Å². The summed E-state index contributed by atoms with van der Waals surface area (Å²) in [6.07, 6.45) is 6.09. The van der Waals surface area contributed by atoms with Crippen LogP contribution in [-0.4, -0.2) is 42.0 Å². The normalized spacial score (nSPS) is 19.6. The van der Waals surface area contributed by atoms with Gasteiger partial charge in [-0.1, -0.05) is 0 Å². The van der Waals surface area contributed by atoms with Gasteiger partial charge in [-0.25, -0.2) is 0 Å². The Hall–Kier alpha value is -1.62. The van der Waals surface area contributed by atoms with Crippen LogP contribution in [0.3, 0.4) is 0 Å². The number of rotatable bonds is 5. The number of ether oxygens (including phenoxy) is 1. The number of methoxy groups -OCH3 is 1. The molecule has 2 aliphatic rings. The Bertz CT molecular complexity index is 576. The number of likely N-dealkylation sites (tertiary alicyclic amines) is 1. The average molecular weight is 317 g/mol. The lowest BCUT2D eigenvalue weighted by atomic mass is 9.95. The van der Waals surface area contributed by atoms with Gasteiger partial charge in [0.25, 0.3) is 0 Å². The van der Waals surface area contributed by atoms with Crippen molar-refractivity contribution in [2.24, 2.45) is 5.92 Å². The van der Waals surface area contributed by atoms with Crippen molar-refractivity contribution in [1.82, 2.24) is 15.2 Å². The molecule has 5 heteroatoms. The van der Waals surface area contributed by atoms with Crippen molar-refractivity contribution < 1.29 is 9.53 Å². The first kappa shape index (κ1) is 16.2. The molecule has 2 fully saturated rings. The number of carbonyl (C=O) groups excluding carboxylic acids is 1. The largest absolute Gasteiger partial charge is 0.496 e. The van der Waals surface area contributed by atoms with Crippen molar-refractivity contribution in [2.45, 2.75) is 52.1 Å². The van der Waals surface area contributed by atoms with Gasteiger partial charge in [-0.05, 0) is 52.6 Å². The molecule has 1 aromatic rings. The fraction of sp³-hybridized carbons (Fsp3) is 0.667. The van der Waals surface area contributed by atoms with E-state index in [2.05, 4.69) is 22.1 Å². The third-order valence-electron chi connectivity index (χ3n) is 5.01. The third kappa shape index (κ3) is 3.83. The van der Waals surface area contributed by atoms with Crippen LogP contribution in [0.1, 0.15) is 42.5 Å². The maximum Gasteiger partial charge on any atom is 0.223 e. The second-order valence-electron chi connectivity index (χ2n) is 6.88. The number of aromatic nitrogens is 1. The van der Waals surface area contributed by atoms with E-state index in [1.54, 1.807) is 7.11 Å². The summed E-state index contributed by atoms with van der Waals surface area (Å²) in [5, 5.41) is 3.13. The topological polar surface area (TPSA) is 54.5 Å². The molecule has 1 aromatic heterocycles. The van der Waals surface area contributed by atoms with E-state index in [4.69, 9.17) is 4.74 Å². The van der Waals surface area contributed by atoms with Crippen molar-refractivity contribution >= 4 is 5.91 Å². The predicted octanol–water partition coefficient (Wildman–Crippen LogP) is 2.20. The van der Waals surface area contributed by atoms with Gasteiger partial charge >= 0.3 is 0 Å². The molecule has 0 radical (unpaired) electrons. The Morgan fingerprint density at radius 3 is 2.61 bits per heavy atom. The van der Waals surface area contributed by atoms with Crippen LogP contribution in [0, 0.1) is 19.8 Å². The second-order valence-corrected chi connectivity index (χ2v) is 6.88. The number of hydrogen-bond donors (Lipinski definition) is 1. The van der Waals surface area contributed by atoms with E-state index in [1.807, 2.05) is 13.1 Å². The van der Waals surface area contributed by atoms with Crippen molar-refractivity contribution in [3.8, 4) is 5.75 Å². The van der Waals surface area contributed by atoms with Crippen LogP contribution in [0.15, 0.2) is 6.20 Å². The summed E-state index contributed by atoms with van der Waals surface area (Å²) in [7, 11) is 1.71. The van der Waals surface area contributed by atoms with Gasteiger partial charge < -0.3 is 10.1 Å². The molecule has 0 aromatic carbocycles. The molecule has 1 saturated heterocycles. The number of piperidine rings is 1. The molecule has 0 bridgehead atoms. The molecule has 0 atom stereocenters. The minimum atomic E-state index is 0.188. The Labute approximate surface area is 138 Å². The Morgan fingerprint density at radius 1 is 1.30 bits per heavy atom. The van der Waals surface area contributed by atoms with E-state index in [0.717, 1.165) is 67.9 Å². The lowest BCUT2D eigenvalue weighted by molar-refractivity contribution is -0.126. The van der Waals surface area contributed by atoms with E-state index >= 15 is 0 Å². The molecular weight excluding hydrogens is 290 g/mol. The zero-order chi connectivity index (χ0) is 16.4. The van der Waals surface area contributed by atoms with Crippen LogP contribution in [0.5, 0.6) is 5.75 Å². The average Bonchev–Trinajstić information content (AvgIpc) is 3.35. The highest BCUT2D eigenvalue weighted by molar-refractivity contribution is 5.79. The van der Waals surface area contributed by atoms with Crippen LogP contribution < -0.4 is 10.1 Å². The van der Waals surface area contributed by atoms with Gasteiger partial charge in [-0.3, -0.25) is 14.7 Å². The van der Waals surface area contributed by atoms with Gasteiger partial charge in [0, 0.05) is 35.8 Å². The molecule has 1 aliphatic carbocycles. The van der Waals surface area contributed by atoms with Crippen molar-refractivity contribution in [3.63, 3.8) is 0 Å². The summed E-state index contributed by atoms with van der Waals surface area (Å²) in [5.74, 6) is 1.39. The van der Waals surface area contributed by atoms with Gasteiger partial charge in [-0.15, -0.1) is 0 Å². The molecular formula is C18H27N3O2. The monoisotopic (exact) mass is 317 g/mol. The highest BCUT2D eigenvalue weighted by Gasteiger charge is 2.30. The molecule has 0 unspecified atom stereocenters. The number of hydrogen-bond acceptors (Lipinski definition) is 4. The molecule has 23 heavy (non-hydrogen) atoms. The molecule has 1 N–H and O–H groups in total. The number of aryl methyl sites for hydroxylation is 1. The summed E-state index contributed by atoms with van der Waals surface area (Å²) >= 11 is 0. The number of pyridine rings is 1. The molecule has 2 heterocycles. The number of carbonyl (C=O) groups is 1. The summed E-state index contributed by atoms with van der Waals surface area (Å²) in [4.78, 5) is 19.1. The van der Waals surface area contributed by atoms with E-state index in [-0.39, 0.29) is 11.8 Å². The molecule has 1 saturated carbocycles. The van der Waals surface area contributed by atoms with Crippen LogP contribution in [0.25, 0.3) is 0 Å². The van der Waals surface area contributed by atoms with E-state index < -0.39 is 0 Å². The van der Waals surface area contributed by atoms with Gasteiger partial charge in [0.15, 0.2) is 0 Å². The number of nitrogens with zero attached hydrogens (tertiary/aromatic N) is 2. The van der Waals surface area contributed by atoms with Crippen LogP contribution >= 0.6 is 0 Å². The predicted molar refractivity (Wildman–Crippen MR) is 89.4 cm³/mol. The third-order valence-corrected chi connectivity index (χ3v) is 5.01. The number of amides is 1. The van der Waals surface area contributed by atoms with E-state index in [1.165, 1.54) is 0 Å². The SMILES string of the molecule is COc1c(C)cnc(CN2CCC(C(=O)NC3CC3)CC2)c1C. The number of nitrogens with one attached hydrogen (secondary N) is 1. The van der Waals surface area contributed by atoms with Crippen molar-refractivity contribution in [1.29, 1.82) is 0 Å². The smallest absolute Gasteiger partial charge is 0.223 e. The fourth-order valence-electron chi connectivity index (χ4n) is 3.34.